The minimum absolute atomic E-state index is 0.203. The average Bonchev–Trinajstić information content (AvgIpc) is 3.83. The van der Waals surface area contributed by atoms with Gasteiger partial charge in [0, 0.05) is 22.7 Å². The van der Waals surface area contributed by atoms with Crippen LogP contribution in [0.5, 0.6) is 0 Å². The number of hydrogen-bond donors (Lipinski definition) is 1. The van der Waals surface area contributed by atoms with E-state index in [1.54, 1.807) is 18.3 Å². The smallest absolute Gasteiger partial charge is 0.309 e. The topological polar surface area (TPSA) is 148 Å². The van der Waals surface area contributed by atoms with Crippen molar-refractivity contribution in [3.05, 3.63) is 81.6 Å². The molecule has 43 heavy (non-hydrogen) atoms. The number of para-hydroxylation sites is 2. The normalized spacial score (nSPS) is 21.1. The van der Waals surface area contributed by atoms with Gasteiger partial charge in [-0.2, -0.15) is 0 Å². The predicted molar refractivity (Wildman–Crippen MR) is 163 cm³/mol. The van der Waals surface area contributed by atoms with Gasteiger partial charge in [0.05, 0.1) is 40.1 Å². The van der Waals surface area contributed by atoms with Gasteiger partial charge in [0.1, 0.15) is 6.04 Å². The van der Waals surface area contributed by atoms with E-state index in [0.29, 0.717) is 18.3 Å². The van der Waals surface area contributed by atoms with Crippen molar-refractivity contribution in [2.45, 2.75) is 70.4 Å². The molecular weight excluding hydrogens is 544 g/mol. The zero-order valence-corrected chi connectivity index (χ0v) is 24.1. The van der Waals surface area contributed by atoms with E-state index in [2.05, 4.69) is 10.2 Å². The fraction of sp³-hybridized carbons (Fsp3) is 0.394. The summed E-state index contributed by atoms with van der Waals surface area (Å²) >= 11 is 0. The number of amides is 3. The van der Waals surface area contributed by atoms with Gasteiger partial charge in [-0.05, 0) is 86.6 Å². The SMILES string of the molecule is CCCC(C(=O)N=O)N1C(=O)c2ccc(CCC3CC(N=CC(=C(N)C4CC4)c4cnc5ccccc5n4)C3)cc2C1=O. The molecule has 2 heterocycles. The maximum atomic E-state index is 13.1. The van der Waals surface area contributed by atoms with E-state index in [9.17, 15) is 19.3 Å². The third kappa shape index (κ3) is 5.74. The molecule has 2 aromatic carbocycles. The molecule has 3 aliphatic rings. The summed E-state index contributed by atoms with van der Waals surface area (Å²) in [6.45, 7) is 1.82. The van der Waals surface area contributed by atoms with Crippen LogP contribution in [-0.2, 0) is 11.2 Å². The highest BCUT2D eigenvalue weighted by molar-refractivity contribution is 6.23. The molecule has 3 amide bonds. The predicted octanol–water partition coefficient (Wildman–Crippen LogP) is 5.25. The first-order chi connectivity index (χ1) is 20.9. The molecule has 2 N–H and O–H groups in total. The molecule has 0 spiro atoms. The standard InChI is InChI=1S/C33H34N6O4/c1-2-5-29(31(40)38-43)39-32(41)23-13-10-19(16-24(23)33(39)42)8-9-20-14-22(15-20)35-17-25(30(34)21-11-12-21)28-18-36-26-6-3-4-7-27(26)37-28/h3-4,6-7,10,13,16-18,20-22,29H,2,5,8-9,11-12,14-15,34H2,1H3. The Bertz CT molecular complexity index is 1670. The van der Waals surface area contributed by atoms with Crippen LogP contribution in [0.25, 0.3) is 16.6 Å². The maximum absolute atomic E-state index is 13.1. The number of rotatable bonds is 11. The lowest BCUT2D eigenvalue weighted by atomic mass is 9.77. The minimum Gasteiger partial charge on any atom is -0.401 e. The number of aliphatic imine (C=N–C) groups is 1. The number of fused-ring (bicyclic) bond motifs is 2. The molecule has 2 aliphatic carbocycles. The molecule has 1 atom stereocenters. The van der Waals surface area contributed by atoms with Crippen molar-refractivity contribution < 1.29 is 14.4 Å². The zero-order chi connectivity index (χ0) is 30.1. The van der Waals surface area contributed by atoms with Gasteiger partial charge in [0.25, 0.3) is 11.8 Å². The summed E-state index contributed by atoms with van der Waals surface area (Å²) in [7, 11) is 0. The van der Waals surface area contributed by atoms with Crippen molar-refractivity contribution in [2.24, 2.45) is 27.7 Å². The molecule has 0 saturated heterocycles. The van der Waals surface area contributed by atoms with E-state index < -0.39 is 23.8 Å². The van der Waals surface area contributed by atoms with Gasteiger partial charge in [0.15, 0.2) is 0 Å². The van der Waals surface area contributed by atoms with E-state index >= 15 is 0 Å². The van der Waals surface area contributed by atoms with Gasteiger partial charge in [-0.1, -0.05) is 31.5 Å². The summed E-state index contributed by atoms with van der Waals surface area (Å²) in [6.07, 6.45) is 10.2. The van der Waals surface area contributed by atoms with Gasteiger partial charge >= 0.3 is 5.91 Å². The lowest BCUT2D eigenvalue weighted by Gasteiger charge is -2.32. The van der Waals surface area contributed by atoms with Gasteiger partial charge in [-0.15, -0.1) is 4.91 Å². The number of hydrogen-bond acceptors (Lipinski definition) is 8. The second kappa shape index (κ2) is 11.9. The number of carbonyl (C=O) groups excluding carboxylic acids is 3. The lowest BCUT2D eigenvalue weighted by Crippen LogP contribution is -2.44. The fourth-order valence-electron chi connectivity index (χ4n) is 6.04. The zero-order valence-electron chi connectivity index (χ0n) is 24.1. The number of nitrogens with two attached hydrogens (primary N) is 1. The number of aryl methyl sites for hydroxylation is 1. The highest BCUT2D eigenvalue weighted by atomic mass is 16.3. The van der Waals surface area contributed by atoms with Crippen molar-refractivity contribution >= 4 is 40.5 Å². The summed E-state index contributed by atoms with van der Waals surface area (Å²) in [5.41, 5.74) is 12.2. The third-order valence-corrected chi connectivity index (χ3v) is 8.75. The van der Waals surface area contributed by atoms with Gasteiger partial charge in [-0.3, -0.25) is 29.3 Å². The maximum Gasteiger partial charge on any atom is 0.309 e. The molecule has 0 radical (unpaired) electrons. The first-order valence-electron chi connectivity index (χ1n) is 15.0. The Morgan fingerprint density at radius 2 is 1.84 bits per heavy atom. The molecule has 1 aliphatic heterocycles. The molecule has 220 valence electrons. The monoisotopic (exact) mass is 578 g/mol. The highest BCUT2D eigenvalue weighted by Gasteiger charge is 2.43. The van der Waals surface area contributed by atoms with E-state index in [1.165, 1.54) is 0 Å². The summed E-state index contributed by atoms with van der Waals surface area (Å²) in [4.78, 5) is 64.1. The van der Waals surface area contributed by atoms with Crippen LogP contribution in [0.4, 0.5) is 0 Å². The van der Waals surface area contributed by atoms with Crippen molar-refractivity contribution in [3.63, 3.8) is 0 Å². The Balaban J connectivity index is 1.07. The number of nitroso groups, excluding NO2 is 1. The Hall–Kier alpha value is -4.60. The average molecular weight is 579 g/mol. The van der Waals surface area contributed by atoms with Crippen LogP contribution in [0.1, 0.15) is 83.8 Å². The van der Waals surface area contributed by atoms with Crippen LogP contribution in [0.2, 0.25) is 0 Å². The minimum atomic E-state index is -1.16. The molecule has 1 aromatic heterocycles. The van der Waals surface area contributed by atoms with E-state index in [-0.39, 0.29) is 23.6 Å². The molecule has 0 bridgehead atoms. The van der Waals surface area contributed by atoms with Gasteiger partial charge in [0.2, 0.25) is 0 Å². The number of imide groups is 1. The molecule has 6 rings (SSSR count). The lowest BCUT2D eigenvalue weighted by molar-refractivity contribution is -0.122. The summed E-state index contributed by atoms with van der Waals surface area (Å²) in [6, 6.07) is 12.1. The number of benzene rings is 2. The molecule has 2 fully saturated rings. The Morgan fingerprint density at radius 3 is 2.56 bits per heavy atom. The summed E-state index contributed by atoms with van der Waals surface area (Å²) in [5, 5.41) is 2.48. The van der Waals surface area contributed by atoms with Crippen LogP contribution >= 0.6 is 0 Å². The van der Waals surface area contributed by atoms with Crippen LogP contribution in [-0.4, -0.2) is 50.9 Å². The van der Waals surface area contributed by atoms with Crippen molar-refractivity contribution in [1.82, 2.24) is 14.9 Å². The Kier molecular flexibility index (Phi) is 7.92. The van der Waals surface area contributed by atoms with Gasteiger partial charge < -0.3 is 5.73 Å². The quantitative estimate of drug-likeness (QED) is 0.186. The van der Waals surface area contributed by atoms with Crippen LogP contribution in [0, 0.1) is 16.7 Å². The fourth-order valence-corrected chi connectivity index (χ4v) is 6.04. The Morgan fingerprint density at radius 1 is 1.09 bits per heavy atom. The molecule has 1 unspecified atom stereocenters. The Labute approximate surface area is 249 Å². The molecule has 3 aromatic rings. The second-order valence-corrected chi connectivity index (χ2v) is 11.8. The van der Waals surface area contributed by atoms with Crippen LogP contribution in [0.15, 0.2) is 64.5 Å². The van der Waals surface area contributed by atoms with Crippen LogP contribution < -0.4 is 5.73 Å². The number of carbonyl (C=O) groups is 3. The molecule has 2 saturated carbocycles. The van der Waals surface area contributed by atoms with E-state index in [0.717, 1.165) is 77.0 Å². The second-order valence-electron chi connectivity index (χ2n) is 11.8. The third-order valence-electron chi connectivity index (χ3n) is 8.75. The van der Waals surface area contributed by atoms with Crippen molar-refractivity contribution in [2.75, 3.05) is 0 Å². The van der Waals surface area contributed by atoms with E-state index in [4.69, 9.17) is 15.7 Å². The molecular formula is C33H34N6O4. The first kappa shape index (κ1) is 28.5. The van der Waals surface area contributed by atoms with Crippen molar-refractivity contribution in [3.8, 4) is 0 Å². The van der Waals surface area contributed by atoms with Crippen molar-refractivity contribution in [1.29, 1.82) is 0 Å². The first-order valence-corrected chi connectivity index (χ1v) is 15.0. The summed E-state index contributed by atoms with van der Waals surface area (Å²) < 4.78 is 0. The highest BCUT2D eigenvalue weighted by Crippen LogP contribution is 2.38. The van der Waals surface area contributed by atoms with Crippen LogP contribution in [0.3, 0.4) is 0 Å². The number of allylic oxidation sites excluding steroid dienone is 2. The summed E-state index contributed by atoms with van der Waals surface area (Å²) in [5.74, 6) is -1.21. The van der Waals surface area contributed by atoms with E-state index in [1.807, 2.05) is 43.5 Å². The number of aromatic nitrogens is 2. The van der Waals surface area contributed by atoms with Gasteiger partial charge in [-0.25, -0.2) is 4.98 Å². The number of nitrogens with zero attached hydrogens (tertiary/aromatic N) is 5. The largest absolute Gasteiger partial charge is 0.401 e. The molecule has 10 nitrogen and oxygen atoms in total. The molecule has 10 heteroatoms.